The third kappa shape index (κ3) is 3.74. The molecule has 0 radical (unpaired) electrons. The lowest BCUT2D eigenvalue weighted by molar-refractivity contribution is 0.232. The van der Waals surface area contributed by atoms with Gasteiger partial charge in [-0.25, -0.2) is 13.1 Å². The Morgan fingerprint density at radius 3 is 2.71 bits per heavy atom. The summed E-state index contributed by atoms with van der Waals surface area (Å²) in [7, 11) is -3.74. The summed E-state index contributed by atoms with van der Waals surface area (Å²) in [5.74, 6) is 0. The van der Waals surface area contributed by atoms with E-state index in [2.05, 4.69) is 17.0 Å². The fraction of sp³-hybridized carbons (Fsp3) is 0.500. The van der Waals surface area contributed by atoms with Crippen molar-refractivity contribution in [3.05, 3.63) is 28.8 Å². The van der Waals surface area contributed by atoms with Crippen LogP contribution in [0.2, 0.25) is 5.02 Å². The van der Waals surface area contributed by atoms with Gasteiger partial charge in [-0.3, -0.25) is 0 Å². The van der Waals surface area contributed by atoms with Crippen molar-refractivity contribution in [3.63, 3.8) is 0 Å². The van der Waals surface area contributed by atoms with Crippen molar-refractivity contribution in [2.75, 3.05) is 19.6 Å². The number of nitrogens with zero attached hydrogens (tertiary/aromatic N) is 1. The molecule has 7 heteroatoms. The predicted molar refractivity (Wildman–Crippen MR) is 81.6 cm³/mol. The van der Waals surface area contributed by atoms with E-state index < -0.39 is 10.0 Å². The smallest absolute Gasteiger partial charge is 0.241 e. The summed E-state index contributed by atoms with van der Waals surface area (Å²) in [5, 5.41) is 12.5. The van der Waals surface area contributed by atoms with Crippen LogP contribution in [0.15, 0.2) is 23.1 Å². The lowest BCUT2D eigenvalue weighted by Crippen LogP contribution is -2.42. The first-order valence-electron chi connectivity index (χ1n) is 6.77. The summed E-state index contributed by atoms with van der Waals surface area (Å²) >= 11 is 5.89. The summed E-state index contributed by atoms with van der Waals surface area (Å²) in [6, 6.07) is 6.30. The number of hydrogen-bond acceptors (Lipinski definition) is 4. The molecule has 1 aliphatic heterocycles. The Hall–Kier alpha value is -1.13. The molecule has 1 fully saturated rings. The van der Waals surface area contributed by atoms with E-state index in [1.165, 1.54) is 18.2 Å². The first-order valence-corrected chi connectivity index (χ1v) is 8.63. The molecule has 0 saturated carbocycles. The minimum Gasteiger partial charge on any atom is -0.317 e. The molecule has 0 aliphatic carbocycles. The van der Waals surface area contributed by atoms with Gasteiger partial charge in [0, 0.05) is 6.54 Å². The van der Waals surface area contributed by atoms with Crippen LogP contribution in [0, 0.1) is 16.7 Å². The Balaban J connectivity index is 2.20. The second-order valence-electron chi connectivity index (χ2n) is 5.61. The fourth-order valence-corrected chi connectivity index (χ4v) is 4.04. The van der Waals surface area contributed by atoms with Crippen LogP contribution in [0.4, 0.5) is 0 Å². The van der Waals surface area contributed by atoms with Crippen LogP contribution in [0.3, 0.4) is 0 Å². The number of piperidine rings is 1. The second kappa shape index (κ2) is 6.32. The third-order valence-corrected chi connectivity index (χ3v) is 5.63. The zero-order valence-electron chi connectivity index (χ0n) is 11.8. The molecule has 1 heterocycles. The summed E-state index contributed by atoms with van der Waals surface area (Å²) in [4.78, 5) is -0.0602. The van der Waals surface area contributed by atoms with Crippen LogP contribution in [-0.4, -0.2) is 28.1 Å². The van der Waals surface area contributed by atoms with E-state index in [0.717, 1.165) is 25.9 Å². The van der Waals surface area contributed by atoms with Gasteiger partial charge in [-0.05, 0) is 43.5 Å². The summed E-state index contributed by atoms with van der Waals surface area (Å²) < 4.78 is 27.4. The molecule has 0 atom stereocenters. The molecule has 0 amide bonds. The van der Waals surface area contributed by atoms with E-state index in [1.54, 1.807) is 0 Å². The van der Waals surface area contributed by atoms with Crippen LogP contribution >= 0.6 is 11.6 Å². The molecule has 1 aromatic carbocycles. The second-order valence-corrected chi connectivity index (χ2v) is 7.75. The van der Waals surface area contributed by atoms with Gasteiger partial charge in [0.05, 0.1) is 10.6 Å². The van der Waals surface area contributed by atoms with Gasteiger partial charge < -0.3 is 5.32 Å². The van der Waals surface area contributed by atoms with Crippen molar-refractivity contribution in [3.8, 4) is 6.07 Å². The number of sulfonamides is 1. The minimum absolute atomic E-state index is 0.0119. The maximum Gasteiger partial charge on any atom is 0.241 e. The topological polar surface area (TPSA) is 82.0 Å². The van der Waals surface area contributed by atoms with E-state index in [1.807, 2.05) is 6.07 Å². The van der Waals surface area contributed by atoms with Gasteiger partial charge in [-0.15, -0.1) is 0 Å². The highest BCUT2D eigenvalue weighted by atomic mass is 35.5. The molecule has 1 saturated heterocycles. The van der Waals surface area contributed by atoms with Crippen molar-refractivity contribution >= 4 is 21.6 Å². The summed E-state index contributed by atoms with van der Waals surface area (Å²) in [6.07, 6.45) is 1.83. The lowest BCUT2D eigenvalue weighted by atomic mass is 9.81. The largest absolute Gasteiger partial charge is 0.317 e. The number of nitrogens with one attached hydrogen (secondary N) is 2. The number of benzene rings is 1. The Morgan fingerprint density at radius 1 is 1.43 bits per heavy atom. The average Bonchev–Trinajstić information content (AvgIpc) is 2.46. The Morgan fingerprint density at radius 2 is 2.10 bits per heavy atom. The molecule has 2 N–H and O–H groups in total. The van der Waals surface area contributed by atoms with Crippen molar-refractivity contribution < 1.29 is 8.42 Å². The molecule has 0 aromatic heterocycles. The predicted octanol–water partition coefficient (Wildman–Crippen LogP) is 1.88. The Labute approximate surface area is 130 Å². The monoisotopic (exact) mass is 327 g/mol. The van der Waals surface area contributed by atoms with Gasteiger partial charge in [0.2, 0.25) is 10.0 Å². The highest BCUT2D eigenvalue weighted by Crippen LogP contribution is 2.28. The first kappa shape index (κ1) is 16.2. The van der Waals surface area contributed by atoms with Crippen LogP contribution in [-0.2, 0) is 10.0 Å². The number of rotatable bonds is 4. The zero-order chi connectivity index (χ0) is 15.5. The van der Waals surface area contributed by atoms with Gasteiger partial charge in [-0.1, -0.05) is 24.6 Å². The Bertz CT molecular complexity index is 661. The highest BCUT2D eigenvalue weighted by Gasteiger charge is 2.29. The van der Waals surface area contributed by atoms with E-state index in [4.69, 9.17) is 16.9 Å². The van der Waals surface area contributed by atoms with E-state index in [-0.39, 0.29) is 20.9 Å². The lowest BCUT2D eigenvalue weighted by Gasteiger charge is -2.34. The van der Waals surface area contributed by atoms with Gasteiger partial charge in [0.1, 0.15) is 11.0 Å². The van der Waals surface area contributed by atoms with E-state index >= 15 is 0 Å². The normalized spacial score (nSPS) is 18.1. The SMILES string of the molecule is CC1(CNS(=O)(=O)c2cccc(Cl)c2C#N)CCNCC1. The van der Waals surface area contributed by atoms with Crippen molar-refractivity contribution in [2.24, 2.45) is 5.41 Å². The molecule has 1 aliphatic rings. The van der Waals surface area contributed by atoms with Crippen LogP contribution in [0.1, 0.15) is 25.3 Å². The van der Waals surface area contributed by atoms with E-state index in [0.29, 0.717) is 6.54 Å². The van der Waals surface area contributed by atoms with Crippen molar-refractivity contribution in [1.29, 1.82) is 5.26 Å². The van der Waals surface area contributed by atoms with Crippen LogP contribution in [0.25, 0.3) is 0 Å². The van der Waals surface area contributed by atoms with Crippen LogP contribution in [0.5, 0.6) is 0 Å². The average molecular weight is 328 g/mol. The van der Waals surface area contributed by atoms with Gasteiger partial charge in [0.15, 0.2) is 0 Å². The summed E-state index contributed by atoms with van der Waals surface area (Å²) in [6.45, 7) is 4.20. The maximum atomic E-state index is 12.4. The molecule has 5 nitrogen and oxygen atoms in total. The van der Waals surface area contributed by atoms with Crippen molar-refractivity contribution in [2.45, 2.75) is 24.7 Å². The molecular formula is C14H18ClN3O2S. The van der Waals surface area contributed by atoms with Gasteiger partial charge in [0.25, 0.3) is 0 Å². The number of halogens is 1. The molecule has 21 heavy (non-hydrogen) atoms. The number of nitriles is 1. The van der Waals surface area contributed by atoms with Crippen LogP contribution < -0.4 is 10.0 Å². The standard InChI is InChI=1S/C14H18ClN3O2S/c1-14(5-7-17-8-6-14)10-18-21(19,20)13-4-2-3-12(15)11(13)9-16/h2-4,17-18H,5-8,10H2,1H3. The van der Waals surface area contributed by atoms with Crippen molar-refractivity contribution in [1.82, 2.24) is 10.0 Å². The quantitative estimate of drug-likeness (QED) is 0.884. The zero-order valence-corrected chi connectivity index (χ0v) is 13.4. The molecule has 0 bridgehead atoms. The minimum atomic E-state index is -3.74. The van der Waals surface area contributed by atoms with Gasteiger partial charge in [-0.2, -0.15) is 5.26 Å². The first-order chi connectivity index (χ1) is 9.88. The summed E-state index contributed by atoms with van der Waals surface area (Å²) in [5.41, 5.74) is -0.0777. The molecule has 0 spiro atoms. The van der Waals surface area contributed by atoms with E-state index in [9.17, 15) is 8.42 Å². The molecular weight excluding hydrogens is 310 g/mol. The maximum absolute atomic E-state index is 12.4. The third-order valence-electron chi connectivity index (χ3n) is 3.88. The Kier molecular flexibility index (Phi) is 4.89. The fourth-order valence-electron chi connectivity index (χ4n) is 2.39. The highest BCUT2D eigenvalue weighted by molar-refractivity contribution is 7.89. The number of hydrogen-bond donors (Lipinski definition) is 2. The molecule has 0 unspecified atom stereocenters. The van der Waals surface area contributed by atoms with Gasteiger partial charge >= 0.3 is 0 Å². The molecule has 1 aromatic rings. The molecule has 114 valence electrons. The molecule has 2 rings (SSSR count).